The molecule has 2 N–H and O–H groups in total. The number of nitrogens with zero attached hydrogens (tertiary/aromatic N) is 2. The first-order valence-corrected chi connectivity index (χ1v) is 12.6. The van der Waals surface area contributed by atoms with Crippen LogP contribution in [0.1, 0.15) is 18.1 Å². The van der Waals surface area contributed by atoms with Gasteiger partial charge in [0.1, 0.15) is 0 Å². The number of benzene rings is 3. The summed E-state index contributed by atoms with van der Waals surface area (Å²) in [4.78, 5) is 23.8. The fourth-order valence-electron chi connectivity index (χ4n) is 3.19. The molecule has 2 amide bonds. The van der Waals surface area contributed by atoms with Gasteiger partial charge in [-0.05, 0) is 42.3 Å². The number of hydrogen-bond donors (Lipinski definition) is 2. The Kier molecular flexibility index (Phi) is 9.13. The zero-order valence-corrected chi connectivity index (χ0v) is 20.6. The van der Waals surface area contributed by atoms with Gasteiger partial charge >= 0.3 is 0 Å². The van der Waals surface area contributed by atoms with E-state index in [1.54, 1.807) is 24.3 Å². The minimum absolute atomic E-state index is 0.00651. The zero-order chi connectivity index (χ0) is 25.3. The Hall–Kier alpha value is -3.53. The summed E-state index contributed by atoms with van der Waals surface area (Å²) in [6.45, 7) is 1.02. The van der Waals surface area contributed by atoms with Gasteiger partial charge < -0.3 is 5.32 Å². The Balaban J connectivity index is 1.76. The smallest absolute Gasteiger partial charge is 0.255 e. The van der Waals surface area contributed by atoms with Crippen molar-refractivity contribution < 1.29 is 18.0 Å². The predicted molar refractivity (Wildman–Crippen MR) is 137 cm³/mol. The van der Waals surface area contributed by atoms with Gasteiger partial charge in [-0.1, -0.05) is 60.1 Å². The number of nitrogens with one attached hydrogen (secondary N) is 2. The number of anilines is 1. The molecule has 0 aromatic heterocycles. The number of sulfonamides is 1. The third-order valence-electron chi connectivity index (χ3n) is 4.92. The molecular formula is C25H25ClN4O4S. The van der Waals surface area contributed by atoms with Gasteiger partial charge in [0, 0.05) is 29.7 Å². The van der Waals surface area contributed by atoms with E-state index in [1.807, 2.05) is 30.3 Å². The highest BCUT2D eigenvalue weighted by Gasteiger charge is 2.26. The van der Waals surface area contributed by atoms with Crippen LogP contribution in [0, 0.1) is 0 Å². The molecule has 0 saturated heterocycles. The molecule has 0 unspecified atom stereocenters. The van der Waals surface area contributed by atoms with Crippen molar-refractivity contribution in [3.63, 3.8) is 0 Å². The summed E-state index contributed by atoms with van der Waals surface area (Å²) >= 11 is 6.08. The van der Waals surface area contributed by atoms with E-state index in [-0.39, 0.29) is 17.3 Å². The molecule has 0 saturated carbocycles. The van der Waals surface area contributed by atoms with Crippen molar-refractivity contribution in [2.24, 2.45) is 5.10 Å². The number of rotatable bonds is 10. The molecule has 0 atom stereocenters. The number of amides is 2. The monoisotopic (exact) mass is 512 g/mol. The first-order chi connectivity index (χ1) is 16.8. The fourth-order valence-corrected chi connectivity index (χ4v) is 4.78. The molecule has 3 aromatic rings. The average molecular weight is 513 g/mol. The molecule has 10 heteroatoms. The van der Waals surface area contributed by atoms with Crippen molar-refractivity contribution in [2.45, 2.75) is 18.2 Å². The Morgan fingerprint density at radius 3 is 2.29 bits per heavy atom. The topological polar surface area (TPSA) is 108 Å². The molecule has 8 nitrogen and oxygen atoms in total. The van der Waals surface area contributed by atoms with Crippen LogP contribution in [0.3, 0.4) is 0 Å². The van der Waals surface area contributed by atoms with E-state index in [2.05, 4.69) is 15.8 Å². The van der Waals surface area contributed by atoms with Crippen LogP contribution in [-0.2, 0) is 26.0 Å². The summed E-state index contributed by atoms with van der Waals surface area (Å²) in [5, 5.41) is 6.96. The summed E-state index contributed by atoms with van der Waals surface area (Å²) in [7, 11) is -4.01. The number of hydrazone groups is 1. The largest absolute Gasteiger partial charge is 0.326 e. The van der Waals surface area contributed by atoms with Gasteiger partial charge in [-0.2, -0.15) is 9.41 Å². The lowest BCUT2D eigenvalue weighted by Gasteiger charge is -2.21. The first-order valence-electron chi connectivity index (χ1n) is 10.7. The maximum absolute atomic E-state index is 13.4. The second kappa shape index (κ2) is 12.3. The van der Waals surface area contributed by atoms with E-state index in [9.17, 15) is 18.0 Å². The third kappa shape index (κ3) is 7.74. The fraction of sp³-hybridized carbons (Fsp3) is 0.160. The quantitative estimate of drug-likeness (QED) is 0.319. The summed E-state index contributed by atoms with van der Waals surface area (Å²) in [6.07, 6.45) is 1.81. The second-order valence-corrected chi connectivity index (χ2v) is 9.94. The van der Waals surface area contributed by atoms with E-state index in [4.69, 9.17) is 11.6 Å². The maximum atomic E-state index is 13.4. The number of hydrogen-bond acceptors (Lipinski definition) is 5. The highest BCUT2D eigenvalue weighted by molar-refractivity contribution is 7.89. The van der Waals surface area contributed by atoms with Gasteiger partial charge in [0.15, 0.2) is 0 Å². The molecule has 0 spiro atoms. The SMILES string of the molecule is CC(=O)Nc1ccc(S(=O)(=O)N(CCc2ccccc2)CC(=O)N/N=C\c2ccccc2Cl)cc1. The summed E-state index contributed by atoms with van der Waals surface area (Å²) < 4.78 is 27.8. The molecule has 0 aliphatic rings. The van der Waals surface area contributed by atoms with Crippen LogP contribution in [0.15, 0.2) is 88.9 Å². The lowest BCUT2D eigenvalue weighted by atomic mass is 10.1. The van der Waals surface area contributed by atoms with E-state index in [0.717, 1.165) is 9.87 Å². The molecule has 0 aliphatic carbocycles. The third-order valence-corrected chi connectivity index (χ3v) is 7.13. The van der Waals surface area contributed by atoms with Crippen molar-refractivity contribution in [1.82, 2.24) is 9.73 Å². The minimum Gasteiger partial charge on any atom is -0.326 e. The van der Waals surface area contributed by atoms with Gasteiger partial charge in [0.05, 0.1) is 17.7 Å². The van der Waals surface area contributed by atoms with Crippen molar-refractivity contribution in [1.29, 1.82) is 0 Å². The molecule has 0 bridgehead atoms. The zero-order valence-electron chi connectivity index (χ0n) is 19.0. The Morgan fingerprint density at radius 2 is 1.63 bits per heavy atom. The van der Waals surface area contributed by atoms with Crippen molar-refractivity contribution in [2.75, 3.05) is 18.4 Å². The molecule has 182 valence electrons. The number of carbonyl (C=O) groups is 2. The predicted octanol–water partition coefficient (Wildman–Crippen LogP) is 3.68. The molecule has 35 heavy (non-hydrogen) atoms. The van der Waals surface area contributed by atoms with Crippen LogP contribution in [0.4, 0.5) is 5.69 Å². The van der Waals surface area contributed by atoms with Crippen molar-refractivity contribution in [3.05, 3.63) is 95.0 Å². The van der Waals surface area contributed by atoms with Crippen molar-refractivity contribution in [3.8, 4) is 0 Å². The lowest BCUT2D eigenvalue weighted by Crippen LogP contribution is -2.40. The molecule has 3 aromatic carbocycles. The Bertz CT molecular complexity index is 1300. The average Bonchev–Trinajstić information content (AvgIpc) is 2.83. The second-order valence-electron chi connectivity index (χ2n) is 7.59. The maximum Gasteiger partial charge on any atom is 0.255 e. The summed E-state index contributed by atoms with van der Waals surface area (Å²) in [6, 6.07) is 22.2. The van der Waals surface area contributed by atoms with Crippen LogP contribution in [0.5, 0.6) is 0 Å². The van der Waals surface area contributed by atoms with E-state index in [0.29, 0.717) is 22.7 Å². The lowest BCUT2D eigenvalue weighted by molar-refractivity contribution is -0.121. The molecule has 0 heterocycles. The van der Waals surface area contributed by atoms with E-state index in [1.165, 1.54) is 37.4 Å². The van der Waals surface area contributed by atoms with Crippen LogP contribution >= 0.6 is 11.6 Å². The Labute approximate surface area is 209 Å². The minimum atomic E-state index is -4.01. The van der Waals surface area contributed by atoms with Crippen LogP contribution < -0.4 is 10.7 Å². The number of halogens is 1. The highest BCUT2D eigenvalue weighted by Crippen LogP contribution is 2.19. The van der Waals surface area contributed by atoms with Crippen LogP contribution in [-0.4, -0.2) is 43.8 Å². The highest BCUT2D eigenvalue weighted by atomic mass is 35.5. The Morgan fingerprint density at radius 1 is 0.971 bits per heavy atom. The van der Waals surface area contributed by atoms with Gasteiger partial charge in [0.2, 0.25) is 15.9 Å². The summed E-state index contributed by atoms with van der Waals surface area (Å²) in [5.74, 6) is -0.862. The van der Waals surface area contributed by atoms with Crippen LogP contribution in [0.2, 0.25) is 5.02 Å². The first kappa shape index (κ1) is 26.1. The number of carbonyl (C=O) groups excluding carboxylic acids is 2. The van der Waals surface area contributed by atoms with Gasteiger partial charge in [-0.3, -0.25) is 9.59 Å². The van der Waals surface area contributed by atoms with E-state index >= 15 is 0 Å². The normalized spacial score (nSPS) is 11.5. The summed E-state index contributed by atoms with van der Waals surface area (Å²) in [5.41, 5.74) is 4.38. The standard InChI is InChI=1S/C25H25ClN4O4S/c1-19(31)28-22-11-13-23(14-12-22)35(33,34)30(16-15-20-7-3-2-4-8-20)18-25(32)29-27-17-21-9-5-6-10-24(21)26/h2-14,17H,15-16,18H2,1H3,(H,28,31)(H,29,32)/b27-17-. The van der Waals surface area contributed by atoms with E-state index < -0.39 is 22.5 Å². The molecular weight excluding hydrogens is 488 g/mol. The van der Waals surface area contributed by atoms with Crippen molar-refractivity contribution >= 4 is 45.3 Å². The molecule has 3 rings (SSSR count). The molecule has 0 aliphatic heterocycles. The molecule has 0 radical (unpaired) electrons. The van der Waals surface area contributed by atoms with Crippen LogP contribution in [0.25, 0.3) is 0 Å². The van der Waals surface area contributed by atoms with Gasteiger partial charge in [0.25, 0.3) is 5.91 Å². The molecule has 0 fully saturated rings. The van der Waals surface area contributed by atoms with Gasteiger partial charge in [-0.15, -0.1) is 0 Å². The van der Waals surface area contributed by atoms with Gasteiger partial charge in [-0.25, -0.2) is 13.8 Å².